The molecule has 0 aromatic carbocycles. The van der Waals surface area contributed by atoms with Crippen molar-refractivity contribution in [1.82, 2.24) is 9.97 Å². The van der Waals surface area contributed by atoms with Crippen molar-refractivity contribution in [1.29, 1.82) is 0 Å². The van der Waals surface area contributed by atoms with Gasteiger partial charge in [-0.15, -0.1) is 0 Å². The maximum atomic E-state index is 5.69. The highest BCUT2D eigenvalue weighted by atomic mass is 15.0. The molecule has 2 aromatic rings. The summed E-state index contributed by atoms with van der Waals surface area (Å²) in [5, 5.41) is 3.22. The number of aryl methyl sites for hydroxylation is 1. The molecule has 3 N–H and O–H groups in total. The molecule has 0 unspecified atom stereocenters. The minimum Gasteiger partial charge on any atom is -0.399 e. The van der Waals surface area contributed by atoms with Gasteiger partial charge in [-0.2, -0.15) is 0 Å². The number of hydrogen-bond acceptors (Lipinski definition) is 4. The lowest BCUT2D eigenvalue weighted by atomic mass is 10.1. The average Bonchev–Trinajstić information content (AvgIpc) is 2.37. The number of pyridine rings is 2. The van der Waals surface area contributed by atoms with E-state index in [4.69, 9.17) is 5.73 Å². The zero-order chi connectivity index (χ0) is 12.1. The van der Waals surface area contributed by atoms with Gasteiger partial charge >= 0.3 is 0 Å². The Bertz CT molecular complexity index is 496. The van der Waals surface area contributed by atoms with Gasteiger partial charge in [0, 0.05) is 24.1 Å². The predicted octanol–water partition coefficient (Wildman–Crippen LogP) is 2.23. The highest BCUT2D eigenvalue weighted by Crippen LogP contribution is 2.11. The Morgan fingerprint density at radius 3 is 2.88 bits per heavy atom. The molecular weight excluding hydrogens is 212 g/mol. The molecule has 2 rings (SSSR count). The van der Waals surface area contributed by atoms with Crippen LogP contribution in [0.15, 0.2) is 36.7 Å². The number of nitrogens with one attached hydrogen (secondary N) is 1. The second kappa shape index (κ2) is 5.30. The van der Waals surface area contributed by atoms with Gasteiger partial charge in [0.1, 0.15) is 5.82 Å². The second-order valence-electron chi connectivity index (χ2n) is 3.79. The van der Waals surface area contributed by atoms with E-state index in [0.29, 0.717) is 12.2 Å². The van der Waals surface area contributed by atoms with Crippen molar-refractivity contribution in [3.05, 3.63) is 47.9 Å². The van der Waals surface area contributed by atoms with E-state index >= 15 is 0 Å². The lowest BCUT2D eigenvalue weighted by Gasteiger charge is -2.08. The van der Waals surface area contributed by atoms with Crippen molar-refractivity contribution in [2.24, 2.45) is 0 Å². The first-order valence-electron chi connectivity index (χ1n) is 5.67. The fourth-order valence-electron chi connectivity index (χ4n) is 1.67. The Morgan fingerprint density at radius 2 is 2.12 bits per heavy atom. The van der Waals surface area contributed by atoms with Crippen LogP contribution in [-0.2, 0) is 13.0 Å². The Morgan fingerprint density at radius 1 is 1.24 bits per heavy atom. The highest BCUT2D eigenvalue weighted by Gasteiger charge is 2.01. The van der Waals surface area contributed by atoms with E-state index in [2.05, 4.69) is 28.3 Å². The van der Waals surface area contributed by atoms with Gasteiger partial charge in [0.25, 0.3) is 0 Å². The van der Waals surface area contributed by atoms with Gasteiger partial charge in [-0.3, -0.25) is 4.98 Å². The molecule has 0 aliphatic heterocycles. The normalized spacial score (nSPS) is 10.2. The van der Waals surface area contributed by atoms with E-state index in [-0.39, 0.29) is 0 Å². The third kappa shape index (κ3) is 2.93. The monoisotopic (exact) mass is 228 g/mol. The van der Waals surface area contributed by atoms with Crippen molar-refractivity contribution in [2.45, 2.75) is 19.9 Å². The molecule has 17 heavy (non-hydrogen) atoms. The lowest BCUT2D eigenvalue weighted by Crippen LogP contribution is -2.06. The van der Waals surface area contributed by atoms with Crippen LogP contribution in [0.3, 0.4) is 0 Å². The molecule has 0 aliphatic carbocycles. The summed E-state index contributed by atoms with van der Waals surface area (Å²) in [7, 11) is 0. The summed E-state index contributed by atoms with van der Waals surface area (Å²) in [5.41, 5.74) is 8.70. The number of nitrogens with zero attached hydrogens (tertiary/aromatic N) is 2. The fraction of sp³-hybridized carbons (Fsp3) is 0.231. The minimum absolute atomic E-state index is 0.667. The Balaban J connectivity index is 2.07. The standard InChI is InChI=1S/C13H16N4/c1-2-10-4-3-6-15-12(10)9-17-13-8-11(14)5-7-16-13/h3-8H,2,9H2,1H3,(H3,14,16,17). The van der Waals surface area contributed by atoms with Crippen molar-refractivity contribution >= 4 is 11.5 Å². The highest BCUT2D eigenvalue weighted by molar-refractivity contribution is 5.48. The quantitative estimate of drug-likeness (QED) is 0.842. The molecule has 0 bridgehead atoms. The molecule has 0 radical (unpaired) electrons. The SMILES string of the molecule is CCc1cccnc1CNc1cc(N)ccn1. The van der Waals surface area contributed by atoms with E-state index in [1.165, 1.54) is 5.56 Å². The summed E-state index contributed by atoms with van der Waals surface area (Å²) >= 11 is 0. The van der Waals surface area contributed by atoms with E-state index in [0.717, 1.165) is 17.9 Å². The van der Waals surface area contributed by atoms with Crippen LogP contribution < -0.4 is 11.1 Å². The first-order valence-corrected chi connectivity index (χ1v) is 5.67. The summed E-state index contributed by atoms with van der Waals surface area (Å²) in [6.45, 7) is 2.79. The van der Waals surface area contributed by atoms with E-state index in [1.54, 1.807) is 12.3 Å². The van der Waals surface area contributed by atoms with Gasteiger partial charge in [0.2, 0.25) is 0 Å². The van der Waals surface area contributed by atoms with Crippen molar-refractivity contribution in [3.63, 3.8) is 0 Å². The van der Waals surface area contributed by atoms with Crippen LogP contribution >= 0.6 is 0 Å². The summed E-state index contributed by atoms with van der Waals surface area (Å²) in [6.07, 6.45) is 4.48. The van der Waals surface area contributed by atoms with Gasteiger partial charge in [0.05, 0.1) is 12.2 Å². The number of nitrogen functional groups attached to an aromatic ring is 1. The first-order chi connectivity index (χ1) is 8.29. The lowest BCUT2D eigenvalue weighted by molar-refractivity contribution is 0.965. The Labute approximate surface area is 101 Å². The zero-order valence-corrected chi connectivity index (χ0v) is 9.85. The maximum absolute atomic E-state index is 5.69. The number of nitrogens with two attached hydrogens (primary N) is 1. The van der Waals surface area contributed by atoms with E-state index in [9.17, 15) is 0 Å². The van der Waals surface area contributed by atoms with Crippen LogP contribution in [0.25, 0.3) is 0 Å². The van der Waals surface area contributed by atoms with Crippen LogP contribution in [0.5, 0.6) is 0 Å². The second-order valence-corrected chi connectivity index (χ2v) is 3.79. The summed E-state index contributed by atoms with van der Waals surface area (Å²) in [4.78, 5) is 8.56. The molecule has 0 amide bonds. The molecule has 0 fully saturated rings. The summed E-state index contributed by atoms with van der Waals surface area (Å²) in [6, 6.07) is 7.63. The summed E-state index contributed by atoms with van der Waals surface area (Å²) in [5.74, 6) is 0.776. The van der Waals surface area contributed by atoms with E-state index in [1.807, 2.05) is 18.3 Å². The molecule has 0 aliphatic rings. The molecule has 0 atom stereocenters. The number of aromatic nitrogens is 2. The third-order valence-electron chi connectivity index (χ3n) is 2.59. The van der Waals surface area contributed by atoms with Crippen LogP contribution in [0.1, 0.15) is 18.2 Å². The molecule has 88 valence electrons. The van der Waals surface area contributed by atoms with Crippen LogP contribution in [0.4, 0.5) is 11.5 Å². The summed E-state index contributed by atoms with van der Waals surface area (Å²) < 4.78 is 0. The number of rotatable bonds is 4. The third-order valence-corrected chi connectivity index (χ3v) is 2.59. The van der Waals surface area contributed by atoms with Crippen molar-refractivity contribution in [3.8, 4) is 0 Å². The van der Waals surface area contributed by atoms with Crippen LogP contribution in [0, 0.1) is 0 Å². The van der Waals surface area contributed by atoms with Gasteiger partial charge in [-0.05, 0) is 24.1 Å². The zero-order valence-electron chi connectivity index (χ0n) is 9.85. The number of anilines is 2. The van der Waals surface area contributed by atoms with Crippen LogP contribution in [0.2, 0.25) is 0 Å². The van der Waals surface area contributed by atoms with Crippen molar-refractivity contribution in [2.75, 3.05) is 11.1 Å². The molecule has 4 heteroatoms. The van der Waals surface area contributed by atoms with Gasteiger partial charge in [0.15, 0.2) is 0 Å². The van der Waals surface area contributed by atoms with Gasteiger partial charge in [-0.25, -0.2) is 4.98 Å². The smallest absolute Gasteiger partial charge is 0.128 e. The average molecular weight is 228 g/mol. The van der Waals surface area contributed by atoms with Crippen LogP contribution in [-0.4, -0.2) is 9.97 Å². The predicted molar refractivity (Wildman–Crippen MR) is 69.6 cm³/mol. The molecular formula is C13H16N4. The Kier molecular flexibility index (Phi) is 3.55. The largest absolute Gasteiger partial charge is 0.399 e. The molecule has 4 nitrogen and oxygen atoms in total. The minimum atomic E-state index is 0.667. The first kappa shape index (κ1) is 11.4. The van der Waals surface area contributed by atoms with Gasteiger partial charge < -0.3 is 11.1 Å². The van der Waals surface area contributed by atoms with Crippen molar-refractivity contribution < 1.29 is 0 Å². The molecule has 0 saturated heterocycles. The van der Waals surface area contributed by atoms with Gasteiger partial charge in [-0.1, -0.05) is 13.0 Å². The molecule has 0 spiro atoms. The molecule has 2 heterocycles. The fourth-order valence-corrected chi connectivity index (χ4v) is 1.67. The van der Waals surface area contributed by atoms with E-state index < -0.39 is 0 Å². The maximum Gasteiger partial charge on any atom is 0.128 e. The molecule has 2 aromatic heterocycles. The number of hydrogen-bond donors (Lipinski definition) is 2. The Hall–Kier alpha value is -2.10. The topological polar surface area (TPSA) is 63.8 Å². The molecule has 0 saturated carbocycles.